The largest absolute Gasteiger partial charge is 0.497 e. The van der Waals surface area contributed by atoms with Gasteiger partial charge in [0.25, 0.3) is 5.91 Å². The van der Waals surface area contributed by atoms with Gasteiger partial charge in [-0.05, 0) is 55.0 Å². The molecule has 0 bridgehead atoms. The van der Waals surface area contributed by atoms with Crippen molar-refractivity contribution in [3.8, 4) is 5.75 Å². The summed E-state index contributed by atoms with van der Waals surface area (Å²) in [6.07, 6.45) is 0. The Balaban J connectivity index is 2.15. The smallest absolute Gasteiger partial charge is 0.255 e. The normalized spacial score (nSPS) is 10.1. The topological polar surface area (TPSA) is 38.3 Å². The molecule has 2 aromatic rings. The summed E-state index contributed by atoms with van der Waals surface area (Å²) >= 11 is 0. The Kier molecular flexibility index (Phi) is 3.80. The maximum Gasteiger partial charge on any atom is 0.255 e. The summed E-state index contributed by atoms with van der Waals surface area (Å²) in [5, 5.41) is 2.66. The molecule has 0 atom stereocenters. The Morgan fingerprint density at radius 1 is 1.16 bits per heavy atom. The number of carbonyl (C=O) groups is 1. The van der Waals surface area contributed by atoms with E-state index in [0.29, 0.717) is 17.0 Å². The number of benzene rings is 2. The lowest BCUT2D eigenvalue weighted by Gasteiger charge is -2.07. The van der Waals surface area contributed by atoms with Crippen LogP contribution in [0.15, 0.2) is 42.5 Å². The Morgan fingerprint density at radius 3 is 2.42 bits per heavy atom. The van der Waals surface area contributed by atoms with Crippen molar-refractivity contribution in [2.75, 3.05) is 12.4 Å². The molecule has 4 heteroatoms. The maximum atomic E-state index is 13.2. The zero-order valence-corrected chi connectivity index (χ0v) is 10.7. The minimum Gasteiger partial charge on any atom is -0.497 e. The van der Waals surface area contributed by atoms with Crippen molar-refractivity contribution in [1.82, 2.24) is 0 Å². The fourth-order valence-corrected chi connectivity index (χ4v) is 1.75. The molecule has 2 aromatic carbocycles. The number of rotatable bonds is 3. The van der Waals surface area contributed by atoms with E-state index in [9.17, 15) is 9.18 Å². The molecule has 0 aliphatic heterocycles. The standard InChI is InChI=1S/C15H14FNO2/c1-10-7-12(16)9-13(8-10)17-15(18)11-3-5-14(19-2)6-4-11/h3-9H,1-2H3,(H,17,18). The van der Waals surface area contributed by atoms with Crippen molar-refractivity contribution in [2.45, 2.75) is 6.92 Å². The van der Waals surface area contributed by atoms with Gasteiger partial charge in [0.1, 0.15) is 11.6 Å². The van der Waals surface area contributed by atoms with E-state index in [4.69, 9.17) is 4.74 Å². The molecule has 3 nitrogen and oxygen atoms in total. The van der Waals surface area contributed by atoms with Crippen LogP contribution in [0.5, 0.6) is 5.75 Å². The average molecular weight is 259 g/mol. The van der Waals surface area contributed by atoms with Gasteiger partial charge in [-0.15, -0.1) is 0 Å². The summed E-state index contributed by atoms with van der Waals surface area (Å²) in [6.45, 7) is 1.77. The van der Waals surface area contributed by atoms with E-state index >= 15 is 0 Å². The van der Waals surface area contributed by atoms with Crippen LogP contribution >= 0.6 is 0 Å². The molecule has 0 aliphatic carbocycles. The monoisotopic (exact) mass is 259 g/mol. The second-order valence-electron chi connectivity index (χ2n) is 4.20. The lowest BCUT2D eigenvalue weighted by atomic mass is 10.2. The third-order valence-electron chi connectivity index (χ3n) is 2.65. The van der Waals surface area contributed by atoms with E-state index in [2.05, 4.69) is 5.32 Å². The van der Waals surface area contributed by atoms with Gasteiger partial charge in [0.05, 0.1) is 7.11 Å². The van der Waals surface area contributed by atoms with Crippen LogP contribution < -0.4 is 10.1 Å². The van der Waals surface area contributed by atoms with E-state index in [1.54, 1.807) is 44.4 Å². The highest BCUT2D eigenvalue weighted by atomic mass is 19.1. The molecular weight excluding hydrogens is 245 g/mol. The highest BCUT2D eigenvalue weighted by molar-refractivity contribution is 6.04. The van der Waals surface area contributed by atoms with Crippen molar-refractivity contribution in [2.24, 2.45) is 0 Å². The predicted molar refractivity (Wildman–Crippen MR) is 72.1 cm³/mol. The number of aryl methyl sites for hydroxylation is 1. The van der Waals surface area contributed by atoms with Crippen LogP contribution in [-0.4, -0.2) is 13.0 Å². The Labute approximate surface area is 111 Å². The first-order chi connectivity index (χ1) is 9.08. The Hall–Kier alpha value is -2.36. The van der Waals surface area contributed by atoms with Gasteiger partial charge in [0, 0.05) is 11.3 Å². The molecule has 1 N–H and O–H groups in total. The SMILES string of the molecule is COc1ccc(C(=O)Nc2cc(C)cc(F)c2)cc1. The lowest BCUT2D eigenvalue weighted by Crippen LogP contribution is -2.12. The van der Waals surface area contributed by atoms with Crippen molar-refractivity contribution >= 4 is 11.6 Å². The molecule has 0 saturated carbocycles. The molecule has 0 unspecified atom stereocenters. The number of carbonyl (C=O) groups excluding carboxylic acids is 1. The average Bonchev–Trinajstić information content (AvgIpc) is 2.37. The van der Waals surface area contributed by atoms with Crippen LogP contribution in [0.3, 0.4) is 0 Å². The third-order valence-corrected chi connectivity index (χ3v) is 2.65. The summed E-state index contributed by atoms with van der Waals surface area (Å²) in [4.78, 5) is 12.0. The number of amides is 1. The molecule has 0 heterocycles. The summed E-state index contributed by atoms with van der Waals surface area (Å²) in [7, 11) is 1.56. The quantitative estimate of drug-likeness (QED) is 0.917. The second kappa shape index (κ2) is 5.52. The summed E-state index contributed by atoms with van der Waals surface area (Å²) in [5.41, 5.74) is 1.69. The molecule has 0 radical (unpaired) electrons. The van der Waals surface area contributed by atoms with Crippen LogP contribution in [0.1, 0.15) is 15.9 Å². The van der Waals surface area contributed by atoms with E-state index in [1.807, 2.05) is 0 Å². The number of hydrogen-bond donors (Lipinski definition) is 1. The van der Waals surface area contributed by atoms with Gasteiger partial charge >= 0.3 is 0 Å². The molecule has 0 fully saturated rings. The molecule has 2 rings (SSSR count). The van der Waals surface area contributed by atoms with Crippen LogP contribution in [0.2, 0.25) is 0 Å². The molecule has 0 saturated heterocycles. The summed E-state index contributed by atoms with van der Waals surface area (Å²) < 4.78 is 18.2. The van der Waals surface area contributed by atoms with Gasteiger partial charge in [-0.2, -0.15) is 0 Å². The van der Waals surface area contributed by atoms with E-state index in [1.165, 1.54) is 12.1 Å². The molecule has 0 aromatic heterocycles. The zero-order valence-electron chi connectivity index (χ0n) is 10.7. The van der Waals surface area contributed by atoms with Gasteiger partial charge in [0.15, 0.2) is 0 Å². The minimum atomic E-state index is -0.370. The number of ether oxygens (including phenoxy) is 1. The van der Waals surface area contributed by atoms with E-state index in [0.717, 1.165) is 5.56 Å². The molecular formula is C15H14FNO2. The van der Waals surface area contributed by atoms with Gasteiger partial charge in [-0.3, -0.25) is 4.79 Å². The lowest BCUT2D eigenvalue weighted by molar-refractivity contribution is 0.102. The molecule has 0 spiro atoms. The number of nitrogens with one attached hydrogen (secondary N) is 1. The first-order valence-electron chi connectivity index (χ1n) is 5.81. The van der Waals surface area contributed by atoms with Crippen molar-refractivity contribution in [1.29, 1.82) is 0 Å². The van der Waals surface area contributed by atoms with Crippen LogP contribution in [-0.2, 0) is 0 Å². The van der Waals surface area contributed by atoms with Gasteiger partial charge in [0.2, 0.25) is 0 Å². The van der Waals surface area contributed by atoms with Crippen LogP contribution in [0, 0.1) is 12.7 Å². The van der Waals surface area contributed by atoms with Gasteiger partial charge in [-0.1, -0.05) is 0 Å². The van der Waals surface area contributed by atoms with Gasteiger partial charge < -0.3 is 10.1 Å². The number of methoxy groups -OCH3 is 1. The van der Waals surface area contributed by atoms with E-state index in [-0.39, 0.29) is 11.7 Å². The zero-order chi connectivity index (χ0) is 13.8. The number of halogens is 1. The molecule has 98 valence electrons. The highest BCUT2D eigenvalue weighted by Gasteiger charge is 2.07. The fourth-order valence-electron chi connectivity index (χ4n) is 1.75. The fraction of sp³-hybridized carbons (Fsp3) is 0.133. The minimum absolute atomic E-state index is 0.285. The van der Waals surface area contributed by atoms with Crippen molar-refractivity contribution < 1.29 is 13.9 Å². The van der Waals surface area contributed by atoms with Crippen LogP contribution in [0.25, 0.3) is 0 Å². The number of hydrogen-bond acceptors (Lipinski definition) is 2. The first-order valence-corrected chi connectivity index (χ1v) is 5.81. The molecule has 1 amide bonds. The van der Waals surface area contributed by atoms with Crippen molar-refractivity contribution in [3.63, 3.8) is 0 Å². The molecule has 19 heavy (non-hydrogen) atoms. The first kappa shape index (κ1) is 13.1. The summed E-state index contributed by atoms with van der Waals surface area (Å²) in [5.74, 6) is 0.0239. The van der Waals surface area contributed by atoms with Crippen LogP contribution in [0.4, 0.5) is 10.1 Å². The van der Waals surface area contributed by atoms with Crippen molar-refractivity contribution in [3.05, 3.63) is 59.4 Å². The van der Waals surface area contributed by atoms with E-state index < -0.39 is 0 Å². The summed E-state index contributed by atoms with van der Waals surface area (Å²) in [6, 6.07) is 11.1. The molecule has 0 aliphatic rings. The van der Waals surface area contributed by atoms with Gasteiger partial charge in [-0.25, -0.2) is 4.39 Å². The second-order valence-corrected chi connectivity index (χ2v) is 4.20. The maximum absolute atomic E-state index is 13.2. The third kappa shape index (κ3) is 3.31. The number of anilines is 1. The predicted octanol–water partition coefficient (Wildman–Crippen LogP) is 3.40. The Bertz CT molecular complexity index is 573. The Morgan fingerprint density at radius 2 is 1.84 bits per heavy atom. The highest BCUT2D eigenvalue weighted by Crippen LogP contribution is 2.16.